The summed E-state index contributed by atoms with van der Waals surface area (Å²) in [5.41, 5.74) is 6.24. The number of halogens is 2. The maximum Gasteiger partial charge on any atom is 0.167 e. The van der Waals surface area contributed by atoms with Crippen LogP contribution in [0, 0.1) is 12.7 Å². The molecule has 15 heavy (non-hydrogen) atoms. The second-order valence-corrected chi connectivity index (χ2v) is 4.04. The molecule has 0 spiro atoms. The van der Waals surface area contributed by atoms with Gasteiger partial charge in [0, 0.05) is 0 Å². The zero-order chi connectivity index (χ0) is 10.2. The highest BCUT2D eigenvalue weighted by Gasteiger charge is 2.39. The van der Waals surface area contributed by atoms with Gasteiger partial charge in [-0.05, 0) is 31.4 Å². The Hall–Kier alpha value is -0.800. The molecule has 0 atom stereocenters. The molecule has 0 aromatic heterocycles. The van der Waals surface area contributed by atoms with Gasteiger partial charge in [0.15, 0.2) is 11.6 Å². The number of nitrogens with two attached hydrogens (primary N) is 1. The highest BCUT2D eigenvalue weighted by Crippen LogP contribution is 2.33. The first-order valence-corrected chi connectivity index (χ1v) is 4.78. The van der Waals surface area contributed by atoms with Gasteiger partial charge >= 0.3 is 0 Å². The van der Waals surface area contributed by atoms with Gasteiger partial charge in [0.05, 0.1) is 5.54 Å². The van der Waals surface area contributed by atoms with Crippen molar-refractivity contribution in [2.24, 2.45) is 5.73 Å². The molecule has 1 aliphatic carbocycles. The Bertz CT molecular complexity index is 352. The minimum Gasteiger partial charge on any atom is -0.489 e. The smallest absolute Gasteiger partial charge is 0.167 e. The molecular weight excluding hydrogens is 217 g/mol. The predicted octanol–water partition coefficient (Wildman–Crippen LogP) is 2.43. The van der Waals surface area contributed by atoms with E-state index in [2.05, 4.69) is 0 Å². The van der Waals surface area contributed by atoms with Gasteiger partial charge in [-0.3, -0.25) is 0 Å². The zero-order valence-electron chi connectivity index (χ0n) is 8.63. The first-order chi connectivity index (χ1) is 6.61. The average Bonchev–Trinajstić information content (AvgIpc) is 2.88. The highest BCUT2D eigenvalue weighted by atomic mass is 35.5. The van der Waals surface area contributed by atoms with Crippen molar-refractivity contribution in [2.75, 3.05) is 6.61 Å². The Morgan fingerprint density at radius 3 is 2.73 bits per heavy atom. The van der Waals surface area contributed by atoms with Gasteiger partial charge in [-0.2, -0.15) is 0 Å². The number of hydrogen-bond donors (Lipinski definition) is 1. The fraction of sp³-hybridized carbons (Fsp3) is 0.455. The summed E-state index contributed by atoms with van der Waals surface area (Å²) in [6, 6.07) is 5.13. The van der Waals surface area contributed by atoms with E-state index in [9.17, 15) is 4.39 Å². The Kier molecular flexibility index (Phi) is 3.58. The van der Waals surface area contributed by atoms with E-state index in [-0.39, 0.29) is 23.8 Å². The second kappa shape index (κ2) is 4.37. The topological polar surface area (TPSA) is 35.2 Å². The van der Waals surface area contributed by atoms with Gasteiger partial charge in [0.25, 0.3) is 0 Å². The van der Waals surface area contributed by atoms with Crippen molar-refractivity contribution in [3.8, 4) is 5.75 Å². The molecule has 0 aliphatic heterocycles. The molecule has 0 amide bonds. The molecule has 2 rings (SSSR count). The lowest BCUT2D eigenvalue weighted by Crippen LogP contribution is -2.30. The minimum atomic E-state index is -0.281. The molecule has 2 nitrogen and oxygen atoms in total. The number of aryl methyl sites for hydroxylation is 1. The third-order valence-corrected chi connectivity index (χ3v) is 2.56. The van der Waals surface area contributed by atoms with Crippen LogP contribution in [-0.2, 0) is 0 Å². The summed E-state index contributed by atoms with van der Waals surface area (Å²) in [6.07, 6.45) is 1.95. The fourth-order valence-electron chi connectivity index (χ4n) is 1.26. The Morgan fingerprint density at radius 2 is 2.13 bits per heavy atom. The molecule has 1 aromatic rings. The molecule has 1 aromatic carbocycles. The van der Waals surface area contributed by atoms with Crippen LogP contribution in [0.15, 0.2) is 18.2 Å². The standard InChI is InChI=1S/C11H14FNO.ClH/c1-8-3-2-4-9(10(8)12)14-7-11(13)5-6-11;/h2-4H,5-7,13H2,1H3;1H. The third kappa shape index (κ3) is 2.83. The lowest BCUT2D eigenvalue weighted by atomic mass is 10.2. The summed E-state index contributed by atoms with van der Waals surface area (Å²) < 4.78 is 18.8. The van der Waals surface area contributed by atoms with Crippen LogP contribution < -0.4 is 10.5 Å². The summed E-state index contributed by atoms with van der Waals surface area (Å²) >= 11 is 0. The van der Waals surface area contributed by atoms with Crippen molar-refractivity contribution in [1.29, 1.82) is 0 Å². The lowest BCUT2D eigenvalue weighted by molar-refractivity contribution is 0.266. The van der Waals surface area contributed by atoms with E-state index in [4.69, 9.17) is 10.5 Å². The van der Waals surface area contributed by atoms with Crippen LogP contribution in [0.25, 0.3) is 0 Å². The van der Waals surface area contributed by atoms with E-state index in [0.29, 0.717) is 17.9 Å². The molecule has 1 aliphatic rings. The third-order valence-electron chi connectivity index (χ3n) is 2.56. The average molecular weight is 232 g/mol. The quantitative estimate of drug-likeness (QED) is 0.867. The second-order valence-electron chi connectivity index (χ2n) is 4.04. The number of hydrogen-bond acceptors (Lipinski definition) is 2. The Labute approximate surface area is 95.0 Å². The van der Waals surface area contributed by atoms with Gasteiger partial charge < -0.3 is 10.5 Å². The molecular formula is C11H15ClFNO. The van der Waals surface area contributed by atoms with Crippen LogP contribution in [0.1, 0.15) is 18.4 Å². The molecule has 0 saturated heterocycles. The first-order valence-electron chi connectivity index (χ1n) is 4.78. The van der Waals surface area contributed by atoms with Gasteiger partial charge in [0.1, 0.15) is 6.61 Å². The lowest BCUT2D eigenvalue weighted by Gasteiger charge is -2.12. The van der Waals surface area contributed by atoms with Crippen LogP contribution in [0.2, 0.25) is 0 Å². The SMILES string of the molecule is Cc1cccc(OCC2(N)CC2)c1F.Cl. The summed E-state index contributed by atoms with van der Waals surface area (Å²) in [4.78, 5) is 0. The minimum absolute atomic E-state index is 0. The maximum atomic E-state index is 13.4. The molecule has 2 N–H and O–H groups in total. The van der Waals surface area contributed by atoms with Gasteiger partial charge in [-0.1, -0.05) is 12.1 Å². The van der Waals surface area contributed by atoms with Crippen LogP contribution >= 0.6 is 12.4 Å². The van der Waals surface area contributed by atoms with E-state index in [1.54, 1.807) is 25.1 Å². The zero-order valence-corrected chi connectivity index (χ0v) is 9.44. The van der Waals surface area contributed by atoms with Crippen molar-refractivity contribution in [3.05, 3.63) is 29.6 Å². The van der Waals surface area contributed by atoms with E-state index in [0.717, 1.165) is 12.8 Å². The molecule has 0 unspecified atom stereocenters. The van der Waals surface area contributed by atoms with Gasteiger partial charge in [-0.25, -0.2) is 4.39 Å². The van der Waals surface area contributed by atoms with Crippen LogP contribution in [0.5, 0.6) is 5.75 Å². The first kappa shape index (κ1) is 12.3. The molecule has 84 valence electrons. The van der Waals surface area contributed by atoms with Crippen LogP contribution in [-0.4, -0.2) is 12.1 Å². The number of ether oxygens (including phenoxy) is 1. The summed E-state index contributed by atoms with van der Waals surface area (Å²) in [6.45, 7) is 2.13. The van der Waals surface area contributed by atoms with Gasteiger partial charge in [-0.15, -0.1) is 12.4 Å². The Morgan fingerprint density at radius 1 is 1.47 bits per heavy atom. The predicted molar refractivity (Wildman–Crippen MR) is 60.0 cm³/mol. The monoisotopic (exact) mass is 231 g/mol. The molecule has 0 heterocycles. The molecule has 4 heteroatoms. The maximum absolute atomic E-state index is 13.4. The van der Waals surface area contributed by atoms with E-state index >= 15 is 0 Å². The van der Waals surface area contributed by atoms with Crippen molar-refractivity contribution in [3.63, 3.8) is 0 Å². The van der Waals surface area contributed by atoms with Crippen molar-refractivity contribution >= 4 is 12.4 Å². The van der Waals surface area contributed by atoms with Crippen LogP contribution in [0.3, 0.4) is 0 Å². The highest BCUT2D eigenvalue weighted by molar-refractivity contribution is 5.85. The van der Waals surface area contributed by atoms with E-state index in [1.807, 2.05) is 0 Å². The molecule has 0 bridgehead atoms. The Balaban J connectivity index is 0.00000112. The molecule has 0 radical (unpaired) electrons. The largest absolute Gasteiger partial charge is 0.489 e. The summed E-state index contributed by atoms with van der Waals surface area (Å²) in [5.74, 6) is 0.0264. The van der Waals surface area contributed by atoms with Crippen LogP contribution in [0.4, 0.5) is 4.39 Å². The number of benzene rings is 1. The fourth-order valence-corrected chi connectivity index (χ4v) is 1.26. The summed E-state index contributed by atoms with van der Waals surface area (Å²) in [7, 11) is 0. The van der Waals surface area contributed by atoms with Crippen molar-refractivity contribution in [2.45, 2.75) is 25.3 Å². The normalized spacial score (nSPS) is 16.7. The number of rotatable bonds is 3. The van der Waals surface area contributed by atoms with Gasteiger partial charge in [0.2, 0.25) is 0 Å². The van der Waals surface area contributed by atoms with Crippen molar-refractivity contribution < 1.29 is 9.13 Å². The molecule has 1 saturated carbocycles. The summed E-state index contributed by atoms with van der Waals surface area (Å²) in [5, 5.41) is 0. The van der Waals surface area contributed by atoms with Crippen molar-refractivity contribution in [1.82, 2.24) is 0 Å². The molecule has 1 fully saturated rings. The van der Waals surface area contributed by atoms with E-state index < -0.39 is 0 Å². The van der Waals surface area contributed by atoms with E-state index in [1.165, 1.54) is 0 Å².